The first-order valence-electron chi connectivity index (χ1n) is 9.21. The molecule has 2 aliphatic rings. The van der Waals surface area contributed by atoms with Crippen LogP contribution in [0.25, 0.3) is 0 Å². The van der Waals surface area contributed by atoms with E-state index in [0.717, 1.165) is 23.4 Å². The number of fused-ring (bicyclic) bond motifs is 3. The summed E-state index contributed by atoms with van der Waals surface area (Å²) in [6.45, 7) is 2.55. The summed E-state index contributed by atoms with van der Waals surface area (Å²) in [6.07, 6.45) is 5.56. The van der Waals surface area contributed by atoms with Crippen LogP contribution in [0.5, 0.6) is 5.75 Å². The molecule has 2 aromatic carbocycles. The van der Waals surface area contributed by atoms with Gasteiger partial charge in [-0.15, -0.1) is 0 Å². The number of hydrogen-bond acceptors (Lipinski definition) is 3. The molecule has 4 rings (SSSR count). The molecule has 0 saturated heterocycles. The van der Waals surface area contributed by atoms with Gasteiger partial charge in [0.15, 0.2) is 0 Å². The predicted octanol–water partition coefficient (Wildman–Crippen LogP) is 4.27. The molecule has 26 heavy (non-hydrogen) atoms. The van der Waals surface area contributed by atoms with Crippen LogP contribution in [0.3, 0.4) is 0 Å². The van der Waals surface area contributed by atoms with Crippen molar-refractivity contribution in [2.24, 2.45) is 5.92 Å². The largest absolute Gasteiger partial charge is 0.496 e. The third-order valence-electron chi connectivity index (χ3n) is 5.45. The lowest BCUT2D eigenvalue weighted by molar-refractivity contribution is 0.0956. The van der Waals surface area contributed by atoms with Crippen molar-refractivity contribution in [3.8, 4) is 5.75 Å². The van der Waals surface area contributed by atoms with Gasteiger partial charge in [-0.1, -0.05) is 42.5 Å². The molecule has 3 unspecified atom stereocenters. The van der Waals surface area contributed by atoms with Crippen LogP contribution in [0.1, 0.15) is 46.8 Å². The molecule has 1 heterocycles. The molecule has 1 aliphatic carbocycles. The number of methoxy groups -OCH3 is 1. The van der Waals surface area contributed by atoms with Crippen molar-refractivity contribution < 1.29 is 9.53 Å². The highest BCUT2D eigenvalue weighted by Gasteiger charge is 2.40. The topological polar surface area (TPSA) is 50.4 Å². The van der Waals surface area contributed by atoms with Gasteiger partial charge in [0.05, 0.1) is 24.4 Å². The van der Waals surface area contributed by atoms with Crippen LogP contribution in [0.4, 0.5) is 5.69 Å². The van der Waals surface area contributed by atoms with Crippen LogP contribution >= 0.6 is 0 Å². The van der Waals surface area contributed by atoms with Crippen molar-refractivity contribution in [1.82, 2.24) is 5.32 Å². The molecule has 0 spiro atoms. The van der Waals surface area contributed by atoms with Crippen molar-refractivity contribution >= 4 is 11.6 Å². The van der Waals surface area contributed by atoms with Crippen molar-refractivity contribution in [2.75, 3.05) is 19.0 Å². The van der Waals surface area contributed by atoms with Crippen molar-refractivity contribution in [2.45, 2.75) is 25.3 Å². The van der Waals surface area contributed by atoms with E-state index < -0.39 is 0 Å². The van der Waals surface area contributed by atoms with Gasteiger partial charge in [-0.05, 0) is 37.0 Å². The van der Waals surface area contributed by atoms with Gasteiger partial charge >= 0.3 is 0 Å². The molecule has 0 saturated carbocycles. The van der Waals surface area contributed by atoms with Gasteiger partial charge in [0.2, 0.25) is 0 Å². The molecule has 0 aromatic heterocycles. The van der Waals surface area contributed by atoms with Crippen LogP contribution < -0.4 is 15.4 Å². The minimum atomic E-state index is -0.0314. The SMILES string of the molecule is CCNC(=O)c1cccc2c1NC(c1ccccc1OC)C1CC=CC21. The normalized spacial score (nSPS) is 22.9. The molecular formula is C22H24N2O2. The average Bonchev–Trinajstić information content (AvgIpc) is 3.17. The van der Waals surface area contributed by atoms with Gasteiger partial charge in [0.25, 0.3) is 5.91 Å². The van der Waals surface area contributed by atoms with Crippen LogP contribution in [0, 0.1) is 5.92 Å². The first-order valence-corrected chi connectivity index (χ1v) is 9.21. The number of carbonyl (C=O) groups excluding carboxylic acids is 1. The molecule has 1 amide bonds. The lowest BCUT2D eigenvalue weighted by atomic mass is 9.76. The number of amides is 1. The Morgan fingerprint density at radius 2 is 2.00 bits per heavy atom. The van der Waals surface area contributed by atoms with Crippen LogP contribution in [0.2, 0.25) is 0 Å². The second-order valence-electron chi connectivity index (χ2n) is 6.85. The number of carbonyl (C=O) groups is 1. The Hall–Kier alpha value is -2.75. The molecule has 2 N–H and O–H groups in total. The van der Waals surface area contributed by atoms with Crippen LogP contribution in [-0.4, -0.2) is 19.6 Å². The van der Waals surface area contributed by atoms with Crippen molar-refractivity contribution in [1.29, 1.82) is 0 Å². The van der Waals surface area contributed by atoms with E-state index in [2.05, 4.69) is 34.9 Å². The average molecular weight is 348 g/mol. The predicted molar refractivity (Wildman–Crippen MR) is 104 cm³/mol. The Labute approximate surface area is 154 Å². The van der Waals surface area contributed by atoms with E-state index in [9.17, 15) is 4.79 Å². The number of benzene rings is 2. The standard InChI is InChI=1S/C22H24N2O2/c1-3-23-22(25)18-12-7-11-16-14-9-6-10-15(14)20(24-21(16)18)17-8-4-5-13-19(17)26-2/h4-9,11-15,20,24H,3,10H2,1-2H3,(H,23,25). The second kappa shape index (κ2) is 6.87. The van der Waals surface area contributed by atoms with Crippen LogP contribution in [-0.2, 0) is 0 Å². The molecule has 4 heteroatoms. The van der Waals surface area contributed by atoms with Gasteiger partial charge in [-0.2, -0.15) is 0 Å². The maximum Gasteiger partial charge on any atom is 0.253 e. The molecule has 1 aliphatic heterocycles. The van der Waals surface area contributed by atoms with Gasteiger partial charge in [0.1, 0.15) is 5.75 Å². The highest BCUT2D eigenvalue weighted by atomic mass is 16.5. The Morgan fingerprint density at radius 1 is 1.19 bits per heavy atom. The number of para-hydroxylation sites is 2. The quantitative estimate of drug-likeness (QED) is 0.811. The molecule has 0 bridgehead atoms. The van der Waals surface area contributed by atoms with Gasteiger partial charge in [0, 0.05) is 18.0 Å². The summed E-state index contributed by atoms with van der Waals surface area (Å²) in [5.41, 5.74) is 4.01. The summed E-state index contributed by atoms with van der Waals surface area (Å²) in [5, 5.41) is 6.61. The molecule has 3 atom stereocenters. The van der Waals surface area contributed by atoms with E-state index in [-0.39, 0.29) is 11.9 Å². The fourth-order valence-corrected chi connectivity index (χ4v) is 4.30. The number of ether oxygens (including phenoxy) is 1. The summed E-state index contributed by atoms with van der Waals surface area (Å²) < 4.78 is 5.61. The summed E-state index contributed by atoms with van der Waals surface area (Å²) >= 11 is 0. The molecule has 134 valence electrons. The van der Waals surface area contributed by atoms with E-state index in [0.29, 0.717) is 23.9 Å². The van der Waals surface area contributed by atoms with E-state index in [4.69, 9.17) is 4.74 Å². The third kappa shape index (κ3) is 2.66. The Balaban J connectivity index is 1.82. The zero-order chi connectivity index (χ0) is 18.1. The van der Waals surface area contributed by atoms with E-state index >= 15 is 0 Å². The minimum Gasteiger partial charge on any atom is -0.496 e. The van der Waals surface area contributed by atoms with E-state index in [1.165, 1.54) is 5.56 Å². The zero-order valence-corrected chi connectivity index (χ0v) is 15.2. The number of hydrogen-bond donors (Lipinski definition) is 2. The second-order valence-corrected chi connectivity index (χ2v) is 6.85. The minimum absolute atomic E-state index is 0.0314. The maximum atomic E-state index is 12.6. The number of allylic oxidation sites excluding steroid dienone is 2. The summed E-state index contributed by atoms with van der Waals surface area (Å²) in [4.78, 5) is 12.6. The van der Waals surface area contributed by atoms with E-state index in [1.807, 2.05) is 37.3 Å². The third-order valence-corrected chi connectivity index (χ3v) is 5.45. The van der Waals surface area contributed by atoms with Gasteiger partial charge in [-0.25, -0.2) is 0 Å². The summed E-state index contributed by atoms with van der Waals surface area (Å²) in [6, 6.07) is 14.3. The Bertz CT molecular complexity index is 859. The first kappa shape index (κ1) is 16.7. The molecule has 4 nitrogen and oxygen atoms in total. The fourth-order valence-electron chi connectivity index (χ4n) is 4.30. The Morgan fingerprint density at radius 3 is 2.81 bits per heavy atom. The molecular weight excluding hydrogens is 324 g/mol. The van der Waals surface area contributed by atoms with E-state index in [1.54, 1.807) is 7.11 Å². The van der Waals surface area contributed by atoms with Crippen molar-refractivity contribution in [3.05, 3.63) is 71.3 Å². The Kier molecular flexibility index (Phi) is 4.41. The summed E-state index contributed by atoms with van der Waals surface area (Å²) in [5.74, 6) is 1.59. The lowest BCUT2D eigenvalue weighted by Gasteiger charge is -2.38. The lowest BCUT2D eigenvalue weighted by Crippen LogP contribution is -2.32. The fraction of sp³-hybridized carbons (Fsp3) is 0.318. The smallest absolute Gasteiger partial charge is 0.253 e. The molecule has 2 aromatic rings. The van der Waals surface area contributed by atoms with Crippen LogP contribution in [0.15, 0.2) is 54.6 Å². The number of nitrogens with one attached hydrogen (secondary N) is 2. The zero-order valence-electron chi connectivity index (χ0n) is 15.2. The summed E-state index contributed by atoms with van der Waals surface area (Å²) in [7, 11) is 1.71. The molecule has 0 radical (unpaired) electrons. The highest BCUT2D eigenvalue weighted by Crippen LogP contribution is 2.51. The van der Waals surface area contributed by atoms with Gasteiger partial charge in [-0.3, -0.25) is 4.79 Å². The van der Waals surface area contributed by atoms with Crippen molar-refractivity contribution in [3.63, 3.8) is 0 Å². The van der Waals surface area contributed by atoms with Gasteiger partial charge < -0.3 is 15.4 Å². The maximum absolute atomic E-state index is 12.6. The number of rotatable bonds is 4. The first-order chi connectivity index (χ1) is 12.7. The molecule has 0 fully saturated rings. The monoisotopic (exact) mass is 348 g/mol. The number of anilines is 1. The highest BCUT2D eigenvalue weighted by molar-refractivity contribution is 6.00.